The molecule has 0 aromatic carbocycles. The van der Waals surface area contributed by atoms with E-state index >= 15 is 0 Å². The maximum atomic E-state index is 5.53. The normalized spacial score (nSPS) is 23.9. The van der Waals surface area contributed by atoms with Gasteiger partial charge in [0.1, 0.15) is 5.75 Å². The van der Waals surface area contributed by atoms with Crippen LogP contribution in [0.5, 0.6) is 5.75 Å². The molecule has 1 saturated carbocycles. The fraction of sp³-hybridized carbons (Fsp3) is 0.722. The van der Waals surface area contributed by atoms with Gasteiger partial charge in [-0.3, -0.25) is 4.98 Å². The third-order valence-electron chi connectivity index (χ3n) is 5.08. The first kappa shape index (κ1) is 16.3. The third kappa shape index (κ3) is 3.76. The number of aryl methyl sites for hydroxylation is 1. The van der Waals surface area contributed by atoms with Gasteiger partial charge in [0, 0.05) is 35.5 Å². The molecule has 118 valence electrons. The van der Waals surface area contributed by atoms with Crippen LogP contribution in [0.2, 0.25) is 0 Å². The van der Waals surface area contributed by atoms with Crippen LogP contribution < -0.4 is 10.1 Å². The molecule has 3 heteroatoms. The highest BCUT2D eigenvalue weighted by Gasteiger charge is 2.27. The second-order valence-electron chi connectivity index (χ2n) is 6.68. The number of pyridine rings is 1. The number of ether oxygens (including phenoxy) is 1. The van der Waals surface area contributed by atoms with Crippen LogP contribution in [0.4, 0.5) is 0 Å². The summed E-state index contributed by atoms with van der Waals surface area (Å²) in [4.78, 5) is 4.67. The van der Waals surface area contributed by atoms with Crippen LogP contribution in [-0.2, 0) is 6.42 Å². The molecule has 3 nitrogen and oxygen atoms in total. The monoisotopic (exact) mass is 290 g/mol. The van der Waals surface area contributed by atoms with Gasteiger partial charge in [-0.2, -0.15) is 0 Å². The van der Waals surface area contributed by atoms with Crippen LogP contribution in [0, 0.1) is 25.7 Å². The molecule has 1 aromatic rings. The number of nitrogens with zero attached hydrogens (tertiary/aromatic N) is 1. The van der Waals surface area contributed by atoms with E-state index in [2.05, 4.69) is 38.1 Å². The fourth-order valence-corrected chi connectivity index (χ4v) is 3.84. The standard InChI is InChI=1S/C18H30N2O/c1-12-7-6-8-15(9-12)17(19-4)10-16-14(3)18(21-5)13(2)11-20-16/h11-12,15,17,19H,6-10H2,1-5H3. The number of nitrogens with one attached hydrogen (secondary N) is 1. The molecule has 3 unspecified atom stereocenters. The van der Waals surface area contributed by atoms with Crippen molar-refractivity contribution in [2.75, 3.05) is 14.2 Å². The molecule has 3 atom stereocenters. The predicted octanol–water partition coefficient (Wildman–Crippen LogP) is 3.66. The summed E-state index contributed by atoms with van der Waals surface area (Å²) in [5.41, 5.74) is 3.49. The van der Waals surface area contributed by atoms with Gasteiger partial charge in [0.05, 0.1) is 7.11 Å². The van der Waals surface area contributed by atoms with Crippen molar-refractivity contribution in [2.24, 2.45) is 11.8 Å². The van der Waals surface area contributed by atoms with Crippen molar-refractivity contribution in [1.82, 2.24) is 10.3 Å². The summed E-state index contributed by atoms with van der Waals surface area (Å²) < 4.78 is 5.53. The molecule has 0 amide bonds. The molecule has 2 rings (SSSR count). The van der Waals surface area contributed by atoms with Gasteiger partial charge in [-0.05, 0) is 45.6 Å². The average Bonchev–Trinajstić information content (AvgIpc) is 2.47. The number of hydrogen-bond donors (Lipinski definition) is 1. The van der Waals surface area contributed by atoms with Crippen molar-refractivity contribution in [3.8, 4) is 5.75 Å². The number of hydrogen-bond acceptors (Lipinski definition) is 3. The van der Waals surface area contributed by atoms with Crippen molar-refractivity contribution in [3.63, 3.8) is 0 Å². The Labute approximate surface area is 129 Å². The highest BCUT2D eigenvalue weighted by molar-refractivity contribution is 5.41. The van der Waals surface area contributed by atoms with Crippen LogP contribution in [0.15, 0.2) is 6.20 Å². The van der Waals surface area contributed by atoms with E-state index in [-0.39, 0.29) is 0 Å². The first-order chi connectivity index (χ1) is 10.1. The number of likely N-dealkylation sites (N-methyl/N-ethyl adjacent to an activating group) is 1. The Morgan fingerprint density at radius 1 is 1.38 bits per heavy atom. The highest BCUT2D eigenvalue weighted by atomic mass is 16.5. The van der Waals surface area contributed by atoms with E-state index in [0.717, 1.165) is 29.6 Å². The van der Waals surface area contributed by atoms with Crippen LogP contribution in [0.1, 0.15) is 49.4 Å². The Morgan fingerprint density at radius 2 is 2.14 bits per heavy atom. The molecule has 1 fully saturated rings. The first-order valence-corrected chi connectivity index (χ1v) is 8.23. The van der Waals surface area contributed by atoms with E-state index in [4.69, 9.17) is 4.74 Å². The van der Waals surface area contributed by atoms with Gasteiger partial charge in [-0.1, -0.05) is 19.8 Å². The van der Waals surface area contributed by atoms with Gasteiger partial charge in [0.25, 0.3) is 0 Å². The van der Waals surface area contributed by atoms with E-state index in [9.17, 15) is 0 Å². The van der Waals surface area contributed by atoms with E-state index in [1.165, 1.54) is 36.9 Å². The molecule has 1 aromatic heterocycles. The van der Waals surface area contributed by atoms with E-state index in [1.807, 2.05) is 6.20 Å². The fourth-order valence-electron chi connectivity index (χ4n) is 3.84. The maximum absolute atomic E-state index is 5.53. The van der Waals surface area contributed by atoms with Gasteiger partial charge in [-0.25, -0.2) is 0 Å². The maximum Gasteiger partial charge on any atom is 0.128 e. The average molecular weight is 290 g/mol. The lowest BCUT2D eigenvalue weighted by Gasteiger charge is -2.33. The quantitative estimate of drug-likeness (QED) is 0.898. The Balaban J connectivity index is 2.15. The molecule has 0 bridgehead atoms. The van der Waals surface area contributed by atoms with Crippen LogP contribution in [0.3, 0.4) is 0 Å². The zero-order valence-corrected chi connectivity index (χ0v) is 14.2. The van der Waals surface area contributed by atoms with E-state index in [0.29, 0.717) is 6.04 Å². The Kier molecular flexibility index (Phi) is 5.63. The zero-order valence-electron chi connectivity index (χ0n) is 14.2. The molecule has 1 aliphatic carbocycles. The van der Waals surface area contributed by atoms with Gasteiger partial charge in [0.15, 0.2) is 0 Å². The molecular weight excluding hydrogens is 260 g/mol. The second-order valence-corrected chi connectivity index (χ2v) is 6.68. The van der Waals surface area contributed by atoms with E-state index < -0.39 is 0 Å². The SMILES string of the molecule is CNC(Cc1ncc(C)c(OC)c1C)C1CCCC(C)C1. The summed E-state index contributed by atoms with van der Waals surface area (Å²) in [7, 11) is 3.84. The molecule has 0 spiro atoms. The van der Waals surface area contributed by atoms with Gasteiger partial charge < -0.3 is 10.1 Å². The predicted molar refractivity (Wildman–Crippen MR) is 87.9 cm³/mol. The Hall–Kier alpha value is -1.09. The van der Waals surface area contributed by atoms with Gasteiger partial charge in [0.2, 0.25) is 0 Å². The van der Waals surface area contributed by atoms with Crippen molar-refractivity contribution in [3.05, 3.63) is 23.0 Å². The van der Waals surface area contributed by atoms with Crippen LogP contribution in [-0.4, -0.2) is 25.2 Å². The number of methoxy groups -OCH3 is 1. The summed E-state index contributed by atoms with van der Waals surface area (Å²) in [5, 5.41) is 3.54. The minimum atomic E-state index is 0.520. The summed E-state index contributed by atoms with van der Waals surface area (Å²) >= 11 is 0. The summed E-state index contributed by atoms with van der Waals surface area (Å²) in [5.74, 6) is 2.63. The van der Waals surface area contributed by atoms with Crippen LogP contribution in [0.25, 0.3) is 0 Å². The van der Waals surface area contributed by atoms with Crippen molar-refractivity contribution < 1.29 is 4.74 Å². The molecule has 0 aliphatic heterocycles. The molecular formula is C18H30N2O. The summed E-state index contributed by atoms with van der Waals surface area (Å²) in [6, 6.07) is 0.520. The molecule has 21 heavy (non-hydrogen) atoms. The first-order valence-electron chi connectivity index (χ1n) is 8.23. The lowest BCUT2D eigenvalue weighted by atomic mass is 9.77. The number of aromatic nitrogens is 1. The molecule has 1 N–H and O–H groups in total. The molecule has 1 heterocycles. The Morgan fingerprint density at radius 3 is 2.76 bits per heavy atom. The zero-order chi connectivity index (χ0) is 15.4. The van der Waals surface area contributed by atoms with Crippen molar-refractivity contribution >= 4 is 0 Å². The van der Waals surface area contributed by atoms with Crippen LogP contribution >= 0.6 is 0 Å². The smallest absolute Gasteiger partial charge is 0.128 e. The summed E-state index contributed by atoms with van der Waals surface area (Å²) in [6.07, 6.45) is 8.38. The lowest BCUT2D eigenvalue weighted by molar-refractivity contribution is 0.226. The highest BCUT2D eigenvalue weighted by Crippen LogP contribution is 2.33. The topological polar surface area (TPSA) is 34.2 Å². The lowest BCUT2D eigenvalue weighted by Crippen LogP contribution is -2.38. The van der Waals surface area contributed by atoms with Crippen molar-refractivity contribution in [1.29, 1.82) is 0 Å². The minimum Gasteiger partial charge on any atom is -0.496 e. The third-order valence-corrected chi connectivity index (χ3v) is 5.08. The van der Waals surface area contributed by atoms with Gasteiger partial charge in [-0.15, -0.1) is 0 Å². The van der Waals surface area contributed by atoms with Gasteiger partial charge >= 0.3 is 0 Å². The number of rotatable bonds is 5. The molecule has 0 radical (unpaired) electrons. The second kappa shape index (κ2) is 7.26. The molecule has 1 aliphatic rings. The Bertz CT molecular complexity index is 473. The largest absolute Gasteiger partial charge is 0.496 e. The minimum absolute atomic E-state index is 0.520. The summed E-state index contributed by atoms with van der Waals surface area (Å²) in [6.45, 7) is 6.57. The molecule has 0 saturated heterocycles. The van der Waals surface area contributed by atoms with Crippen molar-refractivity contribution in [2.45, 2.75) is 58.9 Å². The van der Waals surface area contributed by atoms with E-state index in [1.54, 1.807) is 7.11 Å².